The Bertz CT molecular complexity index is 349. The zero-order valence-corrected chi connectivity index (χ0v) is 10.6. The van der Waals surface area contributed by atoms with E-state index in [1.165, 1.54) is 14.0 Å². The van der Waals surface area contributed by atoms with Gasteiger partial charge in [-0.2, -0.15) is 0 Å². The maximum Gasteiger partial charge on any atom is 0.326 e. The number of nitrogens with zero attached hydrogens (tertiary/aromatic N) is 1. The summed E-state index contributed by atoms with van der Waals surface area (Å²) in [4.78, 5) is 35.5. The van der Waals surface area contributed by atoms with Gasteiger partial charge in [-0.15, -0.1) is 0 Å². The van der Waals surface area contributed by atoms with Crippen LogP contribution in [0.5, 0.6) is 0 Å². The Morgan fingerprint density at radius 3 is 2.29 bits per heavy atom. The van der Waals surface area contributed by atoms with E-state index in [2.05, 4.69) is 5.32 Å². The normalized spacial score (nSPS) is 21.8. The van der Waals surface area contributed by atoms with E-state index in [4.69, 9.17) is 4.74 Å². The van der Waals surface area contributed by atoms with Gasteiger partial charge in [-0.25, -0.2) is 9.69 Å². The van der Waals surface area contributed by atoms with E-state index < -0.39 is 23.6 Å². The summed E-state index contributed by atoms with van der Waals surface area (Å²) in [5.41, 5.74) is -0.752. The zero-order valence-electron chi connectivity index (χ0n) is 10.6. The van der Waals surface area contributed by atoms with Crippen molar-refractivity contribution in [3.63, 3.8) is 0 Å². The van der Waals surface area contributed by atoms with Gasteiger partial charge in [0.05, 0.1) is 0 Å². The lowest BCUT2D eigenvalue weighted by Gasteiger charge is -2.52. The average molecular weight is 242 g/mol. The SMILES string of the molecule is CCC1(CC)C(=O)N(C(=O)NC)[C@@H]1OC(C)=O. The molecule has 0 aromatic heterocycles. The first-order valence-corrected chi connectivity index (χ1v) is 5.67. The molecule has 17 heavy (non-hydrogen) atoms. The number of hydrogen-bond donors (Lipinski definition) is 1. The second kappa shape index (κ2) is 4.73. The quantitative estimate of drug-likeness (QED) is 0.588. The molecule has 1 heterocycles. The minimum Gasteiger partial charge on any atom is -0.440 e. The summed E-state index contributed by atoms with van der Waals surface area (Å²) in [7, 11) is 1.43. The highest BCUT2D eigenvalue weighted by Crippen LogP contribution is 2.45. The van der Waals surface area contributed by atoms with Crippen LogP contribution in [0.1, 0.15) is 33.6 Å². The molecule has 6 nitrogen and oxygen atoms in total. The van der Waals surface area contributed by atoms with Crippen LogP contribution in [0.15, 0.2) is 0 Å². The molecule has 3 amide bonds. The first-order valence-electron chi connectivity index (χ1n) is 5.67. The highest BCUT2D eigenvalue weighted by molar-refractivity contribution is 6.03. The number of rotatable bonds is 3. The lowest BCUT2D eigenvalue weighted by Crippen LogP contribution is -2.72. The van der Waals surface area contributed by atoms with Crippen LogP contribution in [0.4, 0.5) is 4.79 Å². The van der Waals surface area contributed by atoms with E-state index in [1.807, 2.05) is 13.8 Å². The van der Waals surface area contributed by atoms with Gasteiger partial charge in [-0.3, -0.25) is 9.59 Å². The van der Waals surface area contributed by atoms with Gasteiger partial charge in [0.1, 0.15) is 5.41 Å². The summed E-state index contributed by atoms with van der Waals surface area (Å²) in [6, 6.07) is -0.543. The molecule has 0 unspecified atom stereocenters. The maximum atomic E-state index is 12.0. The van der Waals surface area contributed by atoms with Crippen molar-refractivity contribution in [1.82, 2.24) is 10.2 Å². The van der Waals surface area contributed by atoms with Crippen LogP contribution in [0, 0.1) is 5.41 Å². The molecule has 0 spiro atoms. The van der Waals surface area contributed by atoms with Gasteiger partial charge in [0.2, 0.25) is 5.91 Å². The summed E-state index contributed by atoms with van der Waals surface area (Å²) in [6.45, 7) is 4.96. The van der Waals surface area contributed by atoms with Gasteiger partial charge in [0.15, 0.2) is 6.23 Å². The molecule has 0 aliphatic carbocycles. The molecule has 1 saturated heterocycles. The number of imide groups is 1. The molecule has 96 valence electrons. The van der Waals surface area contributed by atoms with Crippen molar-refractivity contribution in [2.24, 2.45) is 5.41 Å². The van der Waals surface area contributed by atoms with Crippen molar-refractivity contribution in [3.05, 3.63) is 0 Å². The van der Waals surface area contributed by atoms with Crippen LogP contribution in [0.25, 0.3) is 0 Å². The number of nitrogens with one attached hydrogen (secondary N) is 1. The van der Waals surface area contributed by atoms with Crippen molar-refractivity contribution in [2.45, 2.75) is 39.8 Å². The Balaban J connectivity index is 2.99. The largest absolute Gasteiger partial charge is 0.440 e. The van der Waals surface area contributed by atoms with Crippen LogP contribution >= 0.6 is 0 Å². The number of carbonyl (C=O) groups excluding carboxylic acids is 3. The molecule has 1 atom stereocenters. The molecule has 0 saturated carbocycles. The van der Waals surface area contributed by atoms with Gasteiger partial charge in [-0.1, -0.05) is 13.8 Å². The minimum atomic E-state index is -0.789. The molecule has 1 N–H and O–H groups in total. The van der Waals surface area contributed by atoms with Gasteiger partial charge in [0, 0.05) is 14.0 Å². The number of β-lactam (4-membered cyclic amide) rings is 1. The van der Waals surface area contributed by atoms with E-state index in [0.29, 0.717) is 12.8 Å². The number of hydrogen-bond acceptors (Lipinski definition) is 4. The van der Waals surface area contributed by atoms with Gasteiger partial charge in [0.25, 0.3) is 0 Å². The third-order valence-electron chi connectivity index (χ3n) is 3.32. The molecule has 1 aliphatic heterocycles. The highest BCUT2D eigenvalue weighted by Gasteiger charge is 2.63. The minimum absolute atomic E-state index is 0.284. The van der Waals surface area contributed by atoms with Crippen molar-refractivity contribution in [1.29, 1.82) is 0 Å². The maximum absolute atomic E-state index is 12.0. The second-order valence-electron chi connectivity index (χ2n) is 4.06. The Hall–Kier alpha value is -1.59. The number of urea groups is 1. The lowest BCUT2D eigenvalue weighted by atomic mass is 9.72. The number of likely N-dealkylation sites (tertiary alicyclic amines) is 1. The molecule has 1 rings (SSSR count). The number of amides is 3. The standard InChI is InChI=1S/C11H18N2O4/c1-5-11(6-2)8(15)13(10(16)12-4)9(11)17-7(3)14/h9H,5-6H2,1-4H3,(H,12,16)/t9-/m1/s1. The Morgan fingerprint density at radius 1 is 1.41 bits per heavy atom. The van der Waals surface area contributed by atoms with Crippen LogP contribution in [0.3, 0.4) is 0 Å². The summed E-state index contributed by atoms with van der Waals surface area (Å²) >= 11 is 0. The molecule has 0 aromatic rings. The van der Waals surface area contributed by atoms with Crippen LogP contribution in [-0.4, -0.2) is 36.1 Å². The second-order valence-corrected chi connectivity index (χ2v) is 4.06. The summed E-state index contributed by atoms with van der Waals surface area (Å²) in [5, 5.41) is 2.36. The van der Waals surface area contributed by atoms with Crippen molar-refractivity contribution in [2.75, 3.05) is 7.05 Å². The molecule has 0 aromatic carbocycles. The zero-order chi connectivity index (χ0) is 13.2. The molecule has 1 aliphatic rings. The van der Waals surface area contributed by atoms with Crippen LogP contribution in [0.2, 0.25) is 0 Å². The molecule has 1 fully saturated rings. The van der Waals surface area contributed by atoms with E-state index >= 15 is 0 Å². The number of ether oxygens (including phenoxy) is 1. The van der Waals surface area contributed by atoms with Crippen LogP contribution < -0.4 is 5.32 Å². The van der Waals surface area contributed by atoms with Crippen molar-refractivity contribution < 1.29 is 19.1 Å². The molecule has 6 heteroatoms. The predicted octanol–water partition coefficient (Wildman–Crippen LogP) is 0.864. The summed E-state index contributed by atoms with van der Waals surface area (Å²) < 4.78 is 5.10. The first-order chi connectivity index (χ1) is 7.94. The Labute approximate surface area is 100 Å². The summed E-state index contributed by atoms with van der Waals surface area (Å²) in [6.07, 6.45) is 0.282. The molecule has 0 bridgehead atoms. The van der Waals surface area contributed by atoms with Crippen molar-refractivity contribution >= 4 is 17.9 Å². The monoisotopic (exact) mass is 242 g/mol. The first kappa shape index (κ1) is 13.5. The highest BCUT2D eigenvalue weighted by atomic mass is 16.6. The Kier molecular flexibility index (Phi) is 3.75. The third-order valence-corrected chi connectivity index (χ3v) is 3.32. The summed E-state index contributed by atoms with van der Waals surface area (Å²) in [5.74, 6) is -0.782. The van der Waals surface area contributed by atoms with Gasteiger partial charge in [-0.05, 0) is 12.8 Å². The fourth-order valence-electron chi connectivity index (χ4n) is 2.18. The van der Waals surface area contributed by atoms with E-state index in [-0.39, 0.29) is 5.91 Å². The predicted molar refractivity (Wildman–Crippen MR) is 59.9 cm³/mol. The lowest BCUT2D eigenvalue weighted by molar-refractivity contribution is -0.210. The van der Waals surface area contributed by atoms with E-state index in [1.54, 1.807) is 0 Å². The number of esters is 1. The molecule has 0 radical (unpaired) electrons. The fourth-order valence-corrected chi connectivity index (χ4v) is 2.18. The topological polar surface area (TPSA) is 75.7 Å². The van der Waals surface area contributed by atoms with E-state index in [0.717, 1.165) is 4.90 Å². The molecular formula is C11H18N2O4. The average Bonchev–Trinajstić information content (AvgIpc) is 2.29. The smallest absolute Gasteiger partial charge is 0.326 e. The number of carbonyl (C=O) groups is 3. The Morgan fingerprint density at radius 2 is 1.94 bits per heavy atom. The van der Waals surface area contributed by atoms with E-state index in [9.17, 15) is 14.4 Å². The van der Waals surface area contributed by atoms with Gasteiger partial charge >= 0.3 is 12.0 Å². The third kappa shape index (κ3) is 1.87. The molecular weight excluding hydrogens is 224 g/mol. The van der Waals surface area contributed by atoms with Crippen LogP contribution in [-0.2, 0) is 14.3 Å². The van der Waals surface area contributed by atoms with Crippen molar-refractivity contribution in [3.8, 4) is 0 Å². The fraction of sp³-hybridized carbons (Fsp3) is 0.727. The van der Waals surface area contributed by atoms with Gasteiger partial charge < -0.3 is 10.1 Å².